The van der Waals surface area contributed by atoms with Crippen molar-refractivity contribution in [2.75, 3.05) is 56.2 Å². The van der Waals surface area contributed by atoms with Gasteiger partial charge in [-0.2, -0.15) is 0 Å². The summed E-state index contributed by atoms with van der Waals surface area (Å²) < 4.78 is 25.0. The molecule has 2 aromatic rings. The van der Waals surface area contributed by atoms with E-state index < -0.39 is 18.1 Å². The molecule has 2 aliphatic heterocycles. The largest absolute Gasteiger partial charge is 0.423 e. The van der Waals surface area contributed by atoms with Crippen molar-refractivity contribution in [3.05, 3.63) is 42.3 Å². The number of carbonyl (C=O) groups excluding carboxylic acids is 3. The first kappa shape index (κ1) is 24.4. The molecule has 10 nitrogen and oxygen atoms in total. The van der Waals surface area contributed by atoms with Crippen LogP contribution < -0.4 is 15.1 Å². The quantitative estimate of drug-likeness (QED) is 0.640. The van der Waals surface area contributed by atoms with Crippen LogP contribution in [0.1, 0.15) is 13.3 Å². The zero-order valence-corrected chi connectivity index (χ0v) is 19.7. The van der Waals surface area contributed by atoms with Crippen LogP contribution in [0.3, 0.4) is 0 Å². The van der Waals surface area contributed by atoms with E-state index in [1.807, 2.05) is 6.07 Å². The summed E-state index contributed by atoms with van der Waals surface area (Å²) in [6, 6.07) is 8.11. The van der Waals surface area contributed by atoms with Gasteiger partial charge < -0.3 is 24.6 Å². The van der Waals surface area contributed by atoms with E-state index in [0.29, 0.717) is 43.0 Å². The number of anilines is 2. The van der Waals surface area contributed by atoms with E-state index in [4.69, 9.17) is 9.47 Å². The first-order valence-corrected chi connectivity index (χ1v) is 11.4. The number of ether oxygens (including phenoxy) is 2. The second kappa shape index (κ2) is 10.7. The van der Waals surface area contributed by atoms with Gasteiger partial charge in [0.2, 0.25) is 11.8 Å². The fourth-order valence-corrected chi connectivity index (χ4v) is 4.07. The number of rotatable bonds is 7. The fourth-order valence-electron chi connectivity index (χ4n) is 4.07. The maximum Gasteiger partial charge on any atom is 0.416 e. The Morgan fingerprint density at radius 1 is 1.20 bits per heavy atom. The van der Waals surface area contributed by atoms with Gasteiger partial charge in [0.25, 0.3) is 0 Å². The van der Waals surface area contributed by atoms with E-state index >= 15 is 0 Å². The summed E-state index contributed by atoms with van der Waals surface area (Å²) in [5.41, 5.74) is 1.30. The Bertz CT molecular complexity index is 1090. The molecule has 2 aliphatic rings. The van der Waals surface area contributed by atoms with Crippen molar-refractivity contribution in [1.82, 2.24) is 15.2 Å². The molecule has 3 amide bonds. The Labute approximate surface area is 202 Å². The molecule has 0 aliphatic carbocycles. The molecule has 0 bridgehead atoms. The monoisotopic (exact) mass is 485 g/mol. The number of nitrogens with zero attached hydrogens (tertiary/aromatic N) is 4. The molecule has 0 radical (unpaired) electrons. The van der Waals surface area contributed by atoms with Crippen LogP contribution in [0.25, 0.3) is 11.1 Å². The highest BCUT2D eigenvalue weighted by Gasteiger charge is 2.33. The molecular weight excluding hydrogens is 457 g/mol. The summed E-state index contributed by atoms with van der Waals surface area (Å²) in [6.45, 7) is 4.35. The topological polar surface area (TPSA) is 104 Å². The number of pyridine rings is 1. The Morgan fingerprint density at radius 2 is 1.97 bits per heavy atom. The number of cyclic esters (lactones) is 1. The van der Waals surface area contributed by atoms with Gasteiger partial charge in [-0.3, -0.25) is 14.5 Å². The normalized spacial score (nSPS) is 18.0. The molecule has 1 aromatic heterocycles. The predicted molar refractivity (Wildman–Crippen MR) is 126 cm³/mol. The third kappa shape index (κ3) is 5.51. The molecule has 186 valence electrons. The van der Waals surface area contributed by atoms with Crippen LogP contribution in [-0.2, 0) is 19.1 Å². The lowest BCUT2D eigenvalue weighted by molar-refractivity contribution is -0.135. The van der Waals surface area contributed by atoms with Gasteiger partial charge in [-0.25, -0.2) is 14.2 Å². The number of hydrogen-bond acceptors (Lipinski definition) is 7. The summed E-state index contributed by atoms with van der Waals surface area (Å²) >= 11 is 0. The molecule has 1 N–H and O–H groups in total. The Hall–Kier alpha value is -3.73. The van der Waals surface area contributed by atoms with Crippen molar-refractivity contribution >= 4 is 29.4 Å². The third-order valence-corrected chi connectivity index (χ3v) is 6.00. The first-order valence-electron chi connectivity index (χ1n) is 11.4. The molecule has 11 heteroatoms. The van der Waals surface area contributed by atoms with Crippen LogP contribution >= 0.6 is 0 Å². The second-order valence-corrected chi connectivity index (χ2v) is 8.27. The van der Waals surface area contributed by atoms with Gasteiger partial charge in [-0.1, -0.05) is 6.92 Å². The van der Waals surface area contributed by atoms with Gasteiger partial charge in [0, 0.05) is 57.0 Å². The number of methoxy groups -OCH3 is 1. The summed E-state index contributed by atoms with van der Waals surface area (Å²) in [7, 11) is 1.50. The zero-order chi connectivity index (χ0) is 24.9. The molecule has 35 heavy (non-hydrogen) atoms. The van der Waals surface area contributed by atoms with E-state index in [0.717, 1.165) is 5.82 Å². The smallest absolute Gasteiger partial charge is 0.416 e. The molecule has 1 atom stereocenters. The highest BCUT2D eigenvalue weighted by molar-refractivity contribution is 5.90. The first-order chi connectivity index (χ1) is 16.9. The fraction of sp³-hybridized carbons (Fsp3) is 0.417. The molecular formula is C24H28FN5O5. The number of benzene rings is 1. The molecule has 4 rings (SSSR count). The molecule has 0 saturated carbocycles. The van der Waals surface area contributed by atoms with Gasteiger partial charge >= 0.3 is 6.09 Å². The van der Waals surface area contributed by atoms with Gasteiger partial charge in [-0.05, 0) is 30.3 Å². The number of amides is 3. The predicted octanol–water partition coefficient (Wildman–Crippen LogP) is 1.99. The average Bonchev–Trinajstić information content (AvgIpc) is 3.24. The molecule has 1 unspecified atom stereocenters. The van der Waals surface area contributed by atoms with Crippen LogP contribution in [0.2, 0.25) is 0 Å². The lowest BCUT2D eigenvalue weighted by Gasteiger charge is -2.35. The van der Waals surface area contributed by atoms with Gasteiger partial charge in [0.1, 0.15) is 18.2 Å². The SMILES string of the molecule is CCC(=O)NC1CN(c2ccc(-c3ccc(N4CCN(C(=O)COC)CC4)nc3)c(F)c2)C(=O)O1. The average molecular weight is 486 g/mol. The van der Waals surface area contributed by atoms with Gasteiger partial charge in [0.05, 0.1) is 12.2 Å². The molecule has 0 spiro atoms. The number of hydrogen-bond donors (Lipinski definition) is 1. The van der Waals surface area contributed by atoms with Crippen LogP contribution in [0.5, 0.6) is 0 Å². The van der Waals surface area contributed by atoms with Crippen LogP contribution in [0, 0.1) is 5.82 Å². The van der Waals surface area contributed by atoms with Crippen molar-refractivity contribution in [1.29, 1.82) is 0 Å². The maximum absolute atomic E-state index is 15.0. The molecule has 2 fully saturated rings. The molecule has 3 heterocycles. The second-order valence-electron chi connectivity index (χ2n) is 8.27. The standard InChI is InChI=1S/C24H28FN5O5/c1-3-21(31)27-22-14-30(24(33)35-22)17-5-6-18(19(25)12-17)16-4-7-20(26-13-16)28-8-10-29(11-9-28)23(32)15-34-2/h4-7,12-13,22H,3,8-11,14-15H2,1-2H3,(H,27,31). The van der Waals surface area contributed by atoms with Crippen molar-refractivity contribution in [3.63, 3.8) is 0 Å². The van der Waals surface area contributed by atoms with Crippen molar-refractivity contribution in [3.8, 4) is 11.1 Å². The van der Waals surface area contributed by atoms with E-state index in [1.165, 1.54) is 18.1 Å². The summed E-state index contributed by atoms with van der Waals surface area (Å²) in [6.07, 6.45) is 0.466. The lowest BCUT2D eigenvalue weighted by atomic mass is 10.1. The Balaban J connectivity index is 1.40. The van der Waals surface area contributed by atoms with Crippen LogP contribution in [0.15, 0.2) is 36.5 Å². The zero-order valence-electron chi connectivity index (χ0n) is 19.7. The Kier molecular flexibility index (Phi) is 7.45. The highest BCUT2D eigenvalue weighted by Crippen LogP contribution is 2.29. The van der Waals surface area contributed by atoms with Crippen molar-refractivity contribution in [2.24, 2.45) is 0 Å². The van der Waals surface area contributed by atoms with Gasteiger partial charge in [0.15, 0.2) is 6.23 Å². The van der Waals surface area contributed by atoms with Crippen molar-refractivity contribution < 1.29 is 28.2 Å². The van der Waals surface area contributed by atoms with Gasteiger partial charge in [-0.15, -0.1) is 0 Å². The number of aromatic nitrogens is 1. The van der Waals surface area contributed by atoms with Crippen molar-refractivity contribution in [2.45, 2.75) is 19.6 Å². The number of piperazine rings is 1. The number of halogens is 1. The highest BCUT2D eigenvalue weighted by atomic mass is 19.1. The molecule has 2 saturated heterocycles. The molecule has 1 aromatic carbocycles. The van der Waals surface area contributed by atoms with E-state index in [-0.39, 0.29) is 31.4 Å². The minimum absolute atomic E-state index is 0.0298. The van der Waals surface area contributed by atoms with E-state index in [2.05, 4.69) is 15.2 Å². The Morgan fingerprint density at radius 3 is 2.60 bits per heavy atom. The minimum Gasteiger partial charge on any atom is -0.423 e. The lowest BCUT2D eigenvalue weighted by Crippen LogP contribution is -2.49. The van der Waals surface area contributed by atoms with E-state index in [1.54, 1.807) is 36.2 Å². The summed E-state index contributed by atoms with van der Waals surface area (Å²) in [5, 5.41) is 2.60. The van der Waals surface area contributed by atoms with Crippen LogP contribution in [-0.4, -0.2) is 80.5 Å². The third-order valence-electron chi connectivity index (χ3n) is 6.00. The maximum atomic E-state index is 15.0. The number of carbonyl (C=O) groups is 3. The summed E-state index contributed by atoms with van der Waals surface area (Å²) in [5.74, 6) is -0.0119. The minimum atomic E-state index is -0.769. The van der Waals surface area contributed by atoms with E-state index in [9.17, 15) is 18.8 Å². The van der Waals surface area contributed by atoms with Crippen LogP contribution in [0.4, 0.5) is 20.7 Å². The number of nitrogens with one attached hydrogen (secondary N) is 1. The summed E-state index contributed by atoms with van der Waals surface area (Å²) in [4.78, 5) is 45.3.